The van der Waals surface area contributed by atoms with Crippen LogP contribution in [0.1, 0.15) is 33.9 Å². The number of carbonyl (C=O) groups excluding carboxylic acids is 4. The van der Waals surface area contributed by atoms with Crippen LogP contribution in [0.4, 0.5) is 5.95 Å². The highest BCUT2D eigenvalue weighted by molar-refractivity contribution is 5.74. The first-order valence-corrected chi connectivity index (χ1v) is 10.9. The first-order valence-electron chi connectivity index (χ1n) is 10.9. The van der Waals surface area contributed by atoms with Crippen LogP contribution in [0.2, 0.25) is 0 Å². The molecule has 0 saturated carbocycles. The third kappa shape index (κ3) is 5.63. The van der Waals surface area contributed by atoms with Crippen molar-refractivity contribution in [3.05, 3.63) is 10.4 Å². The zero-order valence-corrected chi connectivity index (χ0v) is 21.0. The molecule has 1 aliphatic heterocycles. The van der Waals surface area contributed by atoms with Gasteiger partial charge in [0.2, 0.25) is 5.95 Å². The number of nitrogens with two attached hydrogens (primary N) is 1. The van der Waals surface area contributed by atoms with E-state index in [0.29, 0.717) is 0 Å². The van der Waals surface area contributed by atoms with Crippen LogP contribution >= 0.6 is 0 Å². The molecule has 1 fully saturated rings. The number of aromatic nitrogens is 4. The minimum absolute atomic E-state index is 0.0933. The Kier molecular flexibility index (Phi) is 8.00. The number of nitrogens with zero attached hydrogens (tertiary/aromatic N) is 4. The van der Waals surface area contributed by atoms with Gasteiger partial charge in [0.05, 0.1) is 7.11 Å². The first kappa shape index (κ1) is 27.4. The molecule has 2 aromatic rings. The highest BCUT2D eigenvalue weighted by Gasteiger charge is 2.53. The van der Waals surface area contributed by atoms with Crippen molar-refractivity contribution in [1.29, 1.82) is 0 Å². The molecule has 16 nitrogen and oxygen atoms in total. The number of ether oxygens (including phenoxy) is 6. The average molecular weight is 525 g/mol. The number of hydrogen-bond acceptors (Lipinski definition) is 14. The van der Waals surface area contributed by atoms with Gasteiger partial charge >= 0.3 is 29.9 Å². The number of esters is 4. The average Bonchev–Trinajstić information content (AvgIpc) is 3.12. The van der Waals surface area contributed by atoms with E-state index in [1.807, 2.05) is 0 Å². The van der Waals surface area contributed by atoms with Crippen molar-refractivity contribution < 1.29 is 47.6 Å². The summed E-state index contributed by atoms with van der Waals surface area (Å²) >= 11 is 0. The lowest BCUT2D eigenvalue weighted by Gasteiger charge is -2.44. The summed E-state index contributed by atoms with van der Waals surface area (Å²) < 4.78 is 34.8. The Labute approximate surface area is 209 Å². The molecule has 5 atom stereocenters. The van der Waals surface area contributed by atoms with Gasteiger partial charge in [0.25, 0.3) is 5.56 Å². The molecular weight excluding hydrogens is 498 g/mol. The second-order valence-electron chi connectivity index (χ2n) is 8.06. The summed E-state index contributed by atoms with van der Waals surface area (Å²) in [5, 5.41) is 0. The van der Waals surface area contributed by atoms with E-state index in [4.69, 9.17) is 34.2 Å². The zero-order chi connectivity index (χ0) is 27.6. The Bertz CT molecular complexity index is 1290. The van der Waals surface area contributed by atoms with Gasteiger partial charge in [-0.3, -0.25) is 33.1 Å². The van der Waals surface area contributed by atoms with Gasteiger partial charge in [-0.15, -0.1) is 0 Å². The predicted octanol–water partition coefficient (Wildman–Crippen LogP) is -1.02. The van der Waals surface area contributed by atoms with Crippen molar-refractivity contribution in [1.82, 2.24) is 19.1 Å². The summed E-state index contributed by atoms with van der Waals surface area (Å²) in [6.45, 7) is 4.01. The summed E-state index contributed by atoms with van der Waals surface area (Å²) in [4.78, 5) is 68.8. The Morgan fingerprint density at radius 2 is 1.49 bits per heavy atom. The normalized spacial score (nSPS) is 23.2. The monoisotopic (exact) mass is 525 g/mol. The number of anilines is 1. The van der Waals surface area contributed by atoms with Gasteiger partial charge < -0.3 is 34.2 Å². The lowest BCUT2D eigenvalue weighted by molar-refractivity contribution is -0.267. The van der Waals surface area contributed by atoms with Crippen LogP contribution in [-0.2, 0) is 49.9 Å². The van der Waals surface area contributed by atoms with Gasteiger partial charge in [0.15, 0.2) is 35.7 Å². The van der Waals surface area contributed by atoms with Crippen LogP contribution in [0.25, 0.3) is 11.2 Å². The molecular formula is C21H27N5O11. The second-order valence-corrected chi connectivity index (χ2v) is 8.06. The van der Waals surface area contributed by atoms with E-state index in [0.717, 1.165) is 36.8 Å². The fraction of sp³-hybridized carbons (Fsp3) is 0.571. The van der Waals surface area contributed by atoms with Gasteiger partial charge in [-0.1, -0.05) is 0 Å². The molecule has 0 aliphatic carbocycles. The van der Waals surface area contributed by atoms with Crippen LogP contribution < -0.4 is 16.0 Å². The van der Waals surface area contributed by atoms with E-state index in [-0.39, 0.29) is 23.1 Å². The molecule has 2 N–H and O–H groups in total. The number of nitrogen functional groups attached to an aromatic ring is 1. The summed E-state index contributed by atoms with van der Waals surface area (Å²) in [6.07, 6.45) is -6.97. The number of rotatable bonds is 7. The molecule has 1 aliphatic rings. The van der Waals surface area contributed by atoms with Crippen LogP contribution in [-0.4, -0.2) is 81.1 Å². The van der Waals surface area contributed by atoms with E-state index in [1.165, 1.54) is 14.2 Å². The molecule has 2 aromatic heterocycles. The van der Waals surface area contributed by atoms with Gasteiger partial charge in [0, 0.05) is 34.7 Å². The molecule has 202 valence electrons. The summed E-state index contributed by atoms with van der Waals surface area (Å²) in [6, 6.07) is -0.0933. The maximum atomic E-state index is 12.8. The Morgan fingerprint density at radius 3 is 2.03 bits per heavy atom. The molecule has 1 saturated heterocycles. The van der Waals surface area contributed by atoms with Crippen molar-refractivity contribution >= 4 is 41.0 Å². The van der Waals surface area contributed by atoms with E-state index < -0.39 is 66.7 Å². The second kappa shape index (κ2) is 10.8. The minimum atomic E-state index is -1.48. The molecule has 16 heteroatoms. The van der Waals surface area contributed by atoms with Crippen molar-refractivity contribution in [3.8, 4) is 6.01 Å². The molecule has 0 bridgehead atoms. The Balaban J connectivity index is 2.26. The van der Waals surface area contributed by atoms with Gasteiger partial charge in [0.1, 0.15) is 12.7 Å². The fourth-order valence-corrected chi connectivity index (χ4v) is 3.95. The van der Waals surface area contributed by atoms with Crippen molar-refractivity contribution in [2.45, 2.75) is 58.3 Å². The largest absolute Gasteiger partial charge is 0.468 e. The molecule has 3 heterocycles. The standard InChI is InChI=1S/C21H27N5O11/c1-8(27)33-7-12-14(34-9(2)28)15(35-10(3)29)16(36-11(4)30)19(37-12)26-17-13(23-20(26)22)18(31)25(5)21(24-17)32-6/h12,14-16,19H,7H2,1-6H3,(H2,22,23). The van der Waals surface area contributed by atoms with E-state index >= 15 is 0 Å². The zero-order valence-electron chi connectivity index (χ0n) is 21.0. The van der Waals surface area contributed by atoms with E-state index in [1.54, 1.807) is 0 Å². The van der Waals surface area contributed by atoms with E-state index in [2.05, 4.69) is 9.97 Å². The van der Waals surface area contributed by atoms with Crippen molar-refractivity contribution in [3.63, 3.8) is 0 Å². The smallest absolute Gasteiger partial charge is 0.303 e. The Morgan fingerprint density at radius 1 is 0.919 bits per heavy atom. The molecule has 0 aromatic carbocycles. The molecule has 37 heavy (non-hydrogen) atoms. The predicted molar refractivity (Wildman–Crippen MR) is 121 cm³/mol. The third-order valence-electron chi connectivity index (χ3n) is 5.31. The lowest BCUT2D eigenvalue weighted by atomic mass is 9.97. The SMILES string of the molecule is COc1nc2c(nc(N)n2C2OC(COC(C)=O)C(OC(C)=O)C(OC(C)=O)C2OC(C)=O)c(=O)n1C. The number of carbonyl (C=O) groups is 4. The highest BCUT2D eigenvalue weighted by Crippen LogP contribution is 2.37. The lowest BCUT2D eigenvalue weighted by Crippen LogP contribution is -2.60. The van der Waals surface area contributed by atoms with Crippen LogP contribution in [0, 0.1) is 0 Å². The quantitative estimate of drug-likeness (QED) is 0.339. The molecule has 0 spiro atoms. The van der Waals surface area contributed by atoms with Crippen LogP contribution in [0.5, 0.6) is 6.01 Å². The maximum Gasteiger partial charge on any atom is 0.303 e. The number of hydrogen-bond donors (Lipinski definition) is 1. The maximum absolute atomic E-state index is 12.8. The number of fused-ring (bicyclic) bond motifs is 1. The number of imidazole rings is 1. The highest BCUT2D eigenvalue weighted by atomic mass is 16.7. The van der Waals surface area contributed by atoms with Gasteiger partial charge in [-0.2, -0.15) is 4.98 Å². The third-order valence-corrected chi connectivity index (χ3v) is 5.31. The number of methoxy groups -OCH3 is 1. The molecule has 0 radical (unpaired) electrons. The molecule has 3 rings (SSSR count). The minimum Gasteiger partial charge on any atom is -0.468 e. The summed E-state index contributed by atoms with van der Waals surface area (Å²) in [7, 11) is 2.71. The van der Waals surface area contributed by atoms with Crippen LogP contribution in [0.15, 0.2) is 4.79 Å². The first-order chi connectivity index (χ1) is 17.3. The molecule has 0 amide bonds. The summed E-state index contributed by atoms with van der Waals surface area (Å²) in [5.41, 5.74) is 5.28. The van der Waals surface area contributed by atoms with Crippen molar-refractivity contribution in [2.24, 2.45) is 7.05 Å². The summed E-state index contributed by atoms with van der Waals surface area (Å²) in [5.74, 6) is -3.33. The Hall–Kier alpha value is -4.21. The fourth-order valence-electron chi connectivity index (χ4n) is 3.95. The topological polar surface area (TPSA) is 202 Å². The van der Waals surface area contributed by atoms with Gasteiger partial charge in [-0.25, -0.2) is 4.98 Å². The van der Waals surface area contributed by atoms with Crippen molar-refractivity contribution in [2.75, 3.05) is 19.5 Å². The van der Waals surface area contributed by atoms with E-state index in [9.17, 15) is 24.0 Å². The van der Waals surface area contributed by atoms with Gasteiger partial charge in [-0.05, 0) is 0 Å². The van der Waals surface area contributed by atoms with Crippen LogP contribution in [0.3, 0.4) is 0 Å². The molecule has 5 unspecified atom stereocenters.